The maximum absolute atomic E-state index is 13.4. The predicted molar refractivity (Wildman–Crippen MR) is 124 cm³/mol. The van der Waals surface area contributed by atoms with Crippen LogP contribution in [0.5, 0.6) is 0 Å². The summed E-state index contributed by atoms with van der Waals surface area (Å²) in [5, 5.41) is 14.9. The monoisotopic (exact) mass is 460 g/mol. The van der Waals surface area contributed by atoms with E-state index in [4.69, 9.17) is 0 Å². The Bertz CT molecular complexity index is 1450. The van der Waals surface area contributed by atoms with E-state index in [9.17, 15) is 18.8 Å². The van der Waals surface area contributed by atoms with E-state index >= 15 is 0 Å². The molecule has 0 aliphatic heterocycles. The number of carbonyl (C=O) groups is 2. The Hall–Kier alpha value is -4.34. The molecule has 4 aromatic rings. The average Bonchev–Trinajstić information content (AvgIpc) is 3.55. The lowest BCUT2D eigenvalue weighted by Crippen LogP contribution is -2.31. The van der Waals surface area contributed by atoms with E-state index in [0.29, 0.717) is 28.0 Å². The van der Waals surface area contributed by atoms with Crippen LogP contribution >= 0.6 is 0 Å². The van der Waals surface area contributed by atoms with Gasteiger partial charge in [0.15, 0.2) is 0 Å². The highest BCUT2D eigenvalue weighted by molar-refractivity contribution is 5.92. The molecular weight excluding hydrogens is 439 g/mol. The van der Waals surface area contributed by atoms with Gasteiger partial charge < -0.3 is 10.6 Å². The molecule has 2 amide bonds. The van der Waals surface area contributed by atoms with E-state index in [1.165, 1.54) is 23.7 Å². The van der Waals surface area contributed by atoms with Gasteiger partial charge in [0.1, 0.15) is 17.9 Å². The number of hydrogen-bond donors (Lipinski definition) is 2. The van der Waals surface area contributed by atoms with E-state index < -0.39 is 11.5 Å². The molecule has 10 heteroatoms. The number of amides is 2. The zero-order valence-corrected chi connectivity index (χ0v) is 18.3. The Balaban J connectivity index is 1.46. The molecular formula is C24H21FN6O3. The highest BCUT2D eigenvalue weighted by Gasteiger charge is 2.30. The van der Waals surface area contributed by atoms with Gasteiger partial charge in [-0.1, -0.05) is 0 Å². The second-order valence-electron chi connectivity index (χ2n) is 8.22. The summed E-state index contributed by atoms with van der Waals surface area (Å²) in [7, 11) is 0. The normalized spacial score (nSPS) is 13.1. The zero-order valence-electron chi connectivity index (χ0n) is 18.3. The number of nitrogens with zero attached hydrogens (tertiary/aromatic N) is 4. The molecule has 2 N–H and O–H groups in total. The molecule has 1 fully saturated rings. The van der Waals surface area contributed by atoms with Crippen molar-refractivity contribution in [3.05, 3.63) is 76.6 Å². The highest BCUT2D eigenvalue weighted by atomic mass is 19.1. The summed E-state index contributed by atoms with van der Waals surface area (Å²) in [6, 6.07) is 12.3. The van der Waals surface area contributed by atoms with Gasteiger partial charge in [-0.2, -0.15) is 10.2 Å². The summed E-state index contributed by atoms with van der Waals surface area (Å²) in [4.78, 5) is 37.2. The second-order valence-corrected chi connectivity index (χ2v) is 8.22. The van der Waals surface area contributed by atoms with Crippen LogP contribution in [0.4, 0.5) is 15.8 Å². The minimum atomic E-state index is -0.461. The fraction of sp³-hybridized carbons (Fsp3) is 0.208. The molecule has 0 bridgehead atoms. The van der Waals surface area contributed by atoms with Crippen molar-refractivity contribution in [3.8, 4) is 5.69 Å². The minimum absolute atomic E-state index is 0.191. The Kier molecular flexibility index (Phi) is 5.40. The number of carbonyl (C=O) groups excluding carboxylic acids is 2. The number of fused-ring (bicyclic) bond motifs is 1. The van der Waals surface area contributed by atoms with Crippen LogP contribution in [0, 0.1) is 5.82 Å². The number of aromatic nitrogens is 4. The SMILES string of the molecule is CC(=O)Nc1ccc(NC(=O)Cn2nc(C3CC3)c3cnn(-c4ccc(F)cc4)c3c2=O)cc1. The van der Waals surface area contributed by atoms with Crippen molar-refractivity contribution in [3.63, 3.8) is 0 Å². The van der Waals surface area contributed by atoms with Crippen LogP contribution in [-0.2, 0) is 16.1 Å². The largest absolute Gasteiger partial charge is 0.326 e. The topological polar surface area (TPSA) is 111 Å². The van der Waals surface area contributed by atoms with Crippen LogP contribution in [0.25, 0.3) is 16.6 Å². The molecule has 34 heavy (non-hydrogen) atoms. The molecule has 0 saturated heterocycles. The third-order valence-electron chi connectivity index (χ3n) is 5.53. The Morgan fingerprint density at radius 2 is 1.68 bits per heavy atom. The molecule has 5 rings (SSSR count). The van der Waals surface area contributed by atoms with E-state index in [2.05, 4.69) is 20.8 Å². The molecule has 2 aromatic carbocycles. The molecule has 1 aliphatic rings. The number of benzene rings is 2. The van der Waals surface area contributed by atoms with Crippen molar-refractivity contribution >= 4 is 34.1 Å². The summed E-state index contributed by atoms with van der Waals surface area (Å²) in [6.07, 6.45) is 3.51. The van der Waals surface area contributed by atoms with Crippen molar-refractivity contribution in [2.75, 3.05) is 10.6 Å². The van der Waals surface area contributed by atoms with Crippen LogP contribution in [0.15, 0.2) is 59.5 Å². The second kappa shape index (κ2) is 8.54. The van der Waals surface area contributed by atoms with Crippen molar-refractivity contribution in [1.82, 2.24) is 19.6 Å². The van der Waals surface area contributed by atoms with Crippen molar-refractivity contribution in [2.45, 2.75) is 32.2 Å². The molecule has 0 spiro atoms. The van der Waals surface area contributed by atoms with E-state index in [0.717, 1.165) is 23.2 Å². The molecule has 0 radical (unpaired) electrons. The minimum Gasteiger partial charge on any atom is -0.326 e. The standard InChI is InChI=1S/C24H21FN6O3/c1-14(32)27-17-6-8-18(9-7-17)28-21(33)13-30-24(34)23-20(22(29-30)15-2-3-15)12-26-31(23)19-10-4-16(25)5-11-19/h4-12,15H,2-3,13H2,1H3,(H,27,32)(H,28,33). The predicted octanol–water partition coefficient (Wildman–Crippen LogP) is 3.20. The van der Waals surface area contributed by atoms with Gasteiger partial charge >= 0.3 is 0 Å². The van der Waals surface area contributed by atoms with E-state index in [-0.39, 0.29) is 24.2 Å². The van der Waals surface area contributed by atoms with Crippen LogP contribution in [0.1, 0.15) is 31.4 Å². The fourth-order valence-corrected chi connectivity index (χ4v) is 3.81. The molecule has 0 atom stereocenters. The molecule has 9 nitrogen and oxygen atoms in total. The van der Waals surface area contributed by atoms with Gasteiger partial charge in [-0.25, -0.2) is 13.8 Å². The maximum Gasteiger partial charge on any atom is 0.293 e. The average molecular weight is 460 g/mol. The van der Waals surface area contributed by atoms with E-state index in [1.54, 1.807) is 42.6 Å². The van der Waals surface area contributed by atoms with E-state index in [1.807, 2.05) is 0 Å². The molecule has 2 aromatic heterocycles. The Labute approximate surface area is 193 Å². The first-order chi connectivity index (χ1) is 16.4. The zero-order chi connectivity index (χ0) is 23.8. The van der Waals surface area contributed by atoms with Gasteiger partial charge in [-0.15, -0.1) is 0 Å². The molecule has 1 aliphatic carbocycles. The molecule has 172 valence electrons. The van der Waals surface area contributed by atoms with Gasteiger partial charge in [0.25, 0.3) is 5.56 Å². The van der Waals surface area contributed by atoms with Gasteiger partial charge in [0, 0.05) is 29.6 Å². The number of rotatable bonds is 6. The molecule has 1 saturated carbocycles. The lowest BCUT2D eigenvalue weighted by molar-refractivity contribution is -0.117. The van der Waals surface area contributed by atoms with Crippen molar-refractivity contribution in [2.24, 2.45) is 0 Å². The number of nitrogens with one attached hydrogen (secondary N) is 2. The van der Waals surface area contributed by atoms with Gasteiger partial charge in [-0.3, -0.25) is 14.4 Å². The first kappa shape index (κ1) is 21.5. The number of anilines is 2. The lowest BCUT2D eigenvalue weighted by Gasteiger charge is -2.11. The number of halogens is 1. The van der Waals surface area contributed by atoms with Crippen molar-refractivity contribution in [1.29, 1.82) is 0 Å². The first-order valence-corrected chi connectivity index (χ1v) is 10.8. The van der Waals surface area contributed by atoms with Crippen LogP contribution in [-0.4, -0.2) is 31.4 Å². The Morgan fingerprint density at radius 3 is 2.29 bits per heavy atom. The molecule has 0 unspecified atom stereocenters. The van der Waals surface area contributed by atoms with Crippen molar-refractivity contribution < 1.29 is 14.0 Å². The highest BCUT2D eigenvalue weighted by Crippen LogP contribution is 2.41. The summed E-state index contributed by atoms with van der Waals surface area (Å²) >= 11 is 0. The summed E-state index contributed by atoms with van der Waals surface area (Å²) in [5.41, 5.74) is 2.24. The third-order valence-corrected chi connectivity index (χ3v) is 5.53. The molecule has 2 heterocycles. The first-order valence-electron chi connectivity index (χ1n) is 10.8. The van der Waals surface area contributed by atoms with Crippen LogP contribution in [0.3, 0.4) is 0 Å². The summed E-state index contributed by atoms with van der Waals surface area (Å²) < 4.78 is 16.0. The summed E-state index contributed by atoms with van der Waals surface area (Å²) in [6.45, 7) is 1.13. The third kappa shape index (κ3) is 4.29. The number of hydrogen-bond acceptors (Lipinski definition) is 5. The smallest absolute Gasteiger partial charge is 0.293 e. The summed E-state index contributed by atoms with van der Waals surface area (Å²) in [5.74, 6) is -0.788. The fourth-order valence-electron chi connectivity index (χ4n) is 3.81. The quantitative estimate of drug-likeness (QED) is 0.459. The van der Waals surface area contributed by atoms with Crippen LogP contribution < -0.4 is 16.2 Å². The lowest BCUT2D eigenvalue weighted by atomic mass is 10.2. The maximum atomic E-state index is 13.4. The van der Waals surface area contributed by atoms with Gasteiger partial charge in [-0.05, 0) is 61.4 Å². The van der Waals surface area contributed by atoms with Crippen LogP contribution in [0.2, 0.25) is 0 Å². The van der Waals surface area contributed by atoms with Gasteiger partial charge in [0.2, 0.25) is 11.8 Å². The van der Waals surface area contributed by atoms with Gasteiger partial charge in [0.05, 0.1) is 17.6 Å². The Morgan fingerprint density at radius 1 is 1.03 bits per heavy atom.